The molecule has 1 unspecified atom stereocenters. The van der Waals surface area contributed by atoms with Gasteiger partial charge in [-0.15, -0.1) is 0 Å². The van der Waals surface area contributed by atoms with Crippen molar-refractivity contribution in [2.75, 3.05) is 6.54 Å². The number of hydrogen-bond donors (Lipinski definition) is 6. The van der Waals surface area contributed by atoms with Gasteiger partial charge in [0.15, 0.2) is 5.96 Å². The molecule has 0 amide bonds. The first-order valence-electron chi connectivity index (χ1n) is 6.68. The van der Waals surface area contributed by atoms with Gasteiger partial charge in [-0.2, -0.15) is 0 Å². The number of rotatable bonds is 9. The molecule has 9 nitrogen and oxygen atoms in total. The summed E-state index contributed by atoms with van der Waals surface area (Å²) in [6.07, 6.45) is -0.117. The summed E-state index contributed by atoms with van der Waals surface area (Å²) in [4.78, 5) is 14.9. The summed E-state index contributed by atoms with van der Waals surface area (Å²) in [7, 11) is 0. The normalized spacial score (nSPS) is 14.8. The van der Waals surface area contributed by atoms with Crippen LogP contribution in [0.15, 0.2) is 35.3 Å². The maximum Gasteiger partial charge on any atom is 0.320 e. The molecule has 0 spiro atoms. The molecule has 0 heterocycles. The number of carboxylic acid groups (broad SMARTS) is 1. The molecule has 0 aliphatic carbocycles. The average Bonchev–Trinajstić information content (AvgIpc) is 2.46. The van der Waals surface area contributed by atoms with Crippen LogP contribution >= 0.6 is 0 Å². The summed E-state index contributed by atoms with van der Waals surface area (Å²) in [6.45, 7) is 0.168. The van der Waals surface area contributed by atoms with Gasteiger partial charge in [-0.25, -0.2) is 15.4 Å². The highest BCUT2D eigenvalue weighted by atomic mass is 16.8. The number of quaternary nitrogens is 1. The van der Waals surface area contributed by atoms with Crippen LogP contribution in [0.2, 0.25) is 0 Å². The Balaban J connectivity index is 2.64. The third-order valence-electron chi connectivity index (χ3n) is 3.06. The van der Waals surface area contributed by atoms with Gasteiger partial charge >= 0.3 is 5.97 Å². The number of benzene rings is 1. The zero-order chi connectivity index (χ0) is 16.5. The lowest BCUT2D eigenvalue weighted by Crippen LogP contribution is -3.09. The largest absolute Gasteiger partial charge is 0.600 e. The Morgan fingerprint density at radius 3 is 2.50 bits per heavy atom. The molecule has 8 N–H and O–H groups in total. The summed E-state index contributed by atoms with van der Waals surface area (Å²) in [5.41, 5.74) is 11.2. The SMILES string of the molecule is NC(N)=NC[C@@H](C[C@H](NCc1ccccc1)C(=O)O)[NH+]([O-])O. The molecule has 122 valence electrons. The monoisotopic (exact) mass is 311 g/mol. The number of carboxylic acids is 1. The molecule has 0 aliphatic heterocycles. The van der Waals surface area contributed by atoms with Crippen molar-refractivity contribution in [3.8, 4) is 0 Å². The van der Waals surface area contributed by atoms with Gasteiger partial charge < -0.3 is 27.1 Å². The second kappa shape index (κ2) is 8.95. The molecule has 0 bridgehead atoms. The van der Waals surface area contributed by atoms with Crippen LogP contribution in [-0.2, 0) is 11.3 Å². The molecule has 9 heteroatoms. The average molecular weight is 311 g/mol. The third kappa shape index (κ3) is 6.50. The zero-order valence-corrected chi connectivity index (χ0v) is 12.0. The van der Waals surface area contributed by atoms with Crippen molar-refractivity contribution in [1.29, 1.82) is 0 Å². The van der Waals surface area contributed by atoms with Crippen LogP contribution in [0.5, 0.6) is 0 Å². The zero-order valence-electron chi connectivity index (χ0n) is 12.0. The van der Waals surface area contributed by atoms with E-state index in [1.807, 2.05) is 30.3 Å². The van der Waals surface area contributed by atoms with Crippen molar-refractivity contribution >= 4 is 11.9 Å². The van der Waals surface area contributed by atoms with Gasteiger partial charge in [0.1, 0.15) is 12.1 Å². The van der Waals surface area contributed by atoms with E-state index in [-0.39, 0.29) is 18.9 Å². The van der Waals surface area contributed by atoms with Crippen LogP contribution < -0.4 is 22.0 Å². The summed E-state index contributed by atoms with van der Waals surface area (Å²) in [5.74, 6) is -1.35. The highest BCUT2D eigenvalue weighted by Gasteiger charge is 2.26. The fourth-order valence-electron chi connectivity index (χ4n) is 1.86. The molecule has 0 saturated heterocycles. The van der Waals surface area contributed by atoms with Gasteiger partial charge in [-0.05, 0) is 5.56 Å². The predicted octanol–water partition coefficient (Wildman–Crippen LogP) is -1.97. The lowest BCUT2D eigenvalue weighted by molar-refractivity contribution is -1.07. The Hall–Kier alpha value is -2.20. The summed E-state index contributed by atoms with van der Waals surface area (Å²) in [5, 5.41) is 31.2. The minimum Gasteiger partial charge on any atom is -0.600 e. The molecular formula is C13H21N5O4. The van der Waals surface area contributed by atoms with E-state index in [4.69, 9.17) is 16.7 Å². The molecular weight excluding hydrogens is 290 g/mol. The van der Waals surface area contributed by atoms with Gasteiger partial charge in [0.05, 0.1) is 6.54 Å². The maximum absolute atomic E-state index is 11.3. The van der Waals surface area contributed by atoms with Crippen LogP contribution in [0.1, 0.15) is 12.0 Å². The number of nitrogens with one attached hydrogen (secondary N) is 2. The van der Waals surface area contributed by atoms with Crippen LogP contribution in [0, 0.1) is 5.21 Å². The Morgan fingerprint density at radius 1 is 1.36 bits per heavy atom. The first-order valence-corrected chi connectivity index (χ1v) is 6.68. The number of nitrogens with zero attached hydrogens (tertiary/aromatic N) is 1. The number of aliphatic carboxylic acids is 1. The number of nitrogens with two attached hydrogens (primary N) is 2. The van der Waals surface area contributed by atoms with Crippen molar-refractivity contribution in [2.24, 2.45) is 16.5 Å². The number of guanidine groups is 1. The number of carbonyl (C=O) groups is 1. The van der Waals surface area contributed by atoms with Crippen molar-refractivity contribution in [1.82, 2.24) is 5.32 Å². The summed E-state index contributed by atoms with van der Waals surface area (Å²) < 4.78 is 0. The second-order valence-electron chi connectivity index (χ2n) is 4.79. The Labute approximate surface area is 127 Å². The summed E-state index contributed by atoms with van der Waals surface area (Å²) in [6, 6.07) is 7.24. The number of hydrogen-bond acceptors (Lipinski definition) is 5. The van der Waals surface area contributed by atoms with Crippen LogP contribution in [-0.4, -0.2) is 40.9 Å². The van der Waals surface area contributed by atoms with E-state index in [0.717, 1.165) is 5.56 Å². The van der Waals surface area contributed by atoms with Gasteiger partial charge in [0, 0.05) is 13.0 Å². The van der Waals surface area contributed by atoms with Gasteiger partial charge in [-0.1, -0.05) is 30.3 Å². The van der Waals surface area contributed by atoms with Crippen LogP contribution in [0.4, 0.5) is 0 Å². The fraction of sp³-hybridized carbons (Fsp3) is 0.385. The molecule has 0 saturated carbocycles. The van der Waals surface area contributed by atoms with Gasteiger partial charge in [0.25, 0.3) is 0 Å². The molecule has 22 heavy (non-hydrogen) atoms. The van der Waals surface area contributed by atoms with Crippen molar-refractivity contribution < 1.29 is 20.3 Å². The van der Waals surface area contributed by atoms with Gasteiger partial charge in [0.2, 0.25) is 0 Å². The summed E-state index contributed by atoms with van der Waals surface area (Å²) >= 11 is 0. The molecule has 3 atom stereocenters. The quantitative estimate of drug-likeness (QED) is 0.175. The smallest absolute Gasteiger partial charge is 0.320 e. The topological polar surface area (TPSA) is 161 Å². The number of hydroxylamine groups is 2. The minimum absolute atomic E-state index is 0.117. The van der Waals surface area contributed by atoms with E-state index in [1.54, 1.807) is 0 Å². The molecule has 0 fully saturated rings. The van der Waals surface area contributed by atoms with Crippen LogP contribution in [0.25, 0.3) is 0 Å². The van der Waals surface area contributed by atoms with E-state index in [2.05, 4.69) is 10.3 Å². The van der Waals surface area contributed by atoms with E-state index >= 15 is 0 Å². The standard InChI is InChI=1S/C13H21N5O4/c14-13(15)17-8-10(18(21)22)6-11(12(19)20)16-7-9-4-2-1-3-5-9/h1-5,10-11,16,18,21H,6-8H2,(H,19,20)(H4,14,15,17)/t10-,11+/m1/s1. The first kappa shape index (κ1) is 17.9. The Kier molecular flexibility index (Phi) is 7.26. The minimum atomic E-state index is -1.14. The lowest BCUT2D eigenvalue weighted by Gasteiger charge is -2.25. The lowest BCUT2D eigenvalue weighted by atomic mass is 10.1. The van der Waals surface area contributed by atoms with Crippen molar-refractivity contribution in [2.45, 2.75) is 25.0 Å². The van der Waals surface area contributed by atoms with E-state index in [0.29, 0.717) is 6.54 Å². The van der Waals surface area contributed by atoms with E-state index < -0.39 is 23.3 Å². The third-order valence-corrected chi connectivity index (χ3v) is 3.06. The maximum atomic E-state index is 11.3. The Morgan fingerprint density at radius 2 is 2.00 bits per heavy atom. The molecule has 1 aromatic carbocycles. The van der Waals surface area contributed by atoms with E-state index in [9.17, 15) is 15.1 Å². The molecule has 1 aromatic rings. The highest BCUT2D eigenvalue weighted by molar-refractivity contribution is 5.75. The molecule has 0 aromatic heterocycles. The van der Waals surface area contributed by atoms with Gasteiger partial charge in [-0.3, -0.25) is 4.79 Å². The van der Waals surface area contributed by atoms with Crippen LogP contribution in [0.3, 0.4) is 0 Å². The predicted molar refractivity (Wildman–Crippen MR) is 79.9 cm³/mol. The second-order valence-corrected chi connectivity index (χ2v) is 4.79. The molecule has 1 rings (SSSR count). The molecule has 0 radical (unpaired) electrons. The Bertz CT molecular complexity index is 490. The van der Waals surface area contributed by atoms with Crippen molar-refractivity contribution in [3.05, 3.63) is 41.1 Å². The van der Waals surface area contributed by atoms with Crippen molar-refractivity contribution in [3.63, 3.8) is 0 Å². The molecule has 0 aliphatic rings. The fourth-order valence-corrected chi connectivity index (χ4v) is 1.86. The first-order chi connectivity index (χ1) is 10.4. The highest BCUT2D eigenvalue weighted by Crippen LogP contribution is 2.02. The van der Waals surface area contributed by atoms with E-state index in [1.165, 1.54) is 0 Å². The number of aliphatic imine (C=N–C) groups is 1.